The molecule has 0 fully saturated rings. The van der Waals surface area contributed by atoms with Crippen molar-refractivity contribution < 1.29 is 9.53 Å². The Kier molecular flexibility index (Phi) is 6.91. The quantitative estimate of drug-likeness (QED) is 0.501. The van der Waals surface area contributed by atoms with Gasteiger partial charge in [-0.1, -0.05) is 59.7 Å². The van der Waals surface area contributed by atoms with E-state index in [9.17, 15) is 4.79 Å². The molecule has 0 saturated heterocycles. The molecule has 30 heavy (non-hydrogen) atoms. The molecule has 156 valence electrons. The predicted molar refractivity (Wildman–Crippen MR) is 122 cm³/mol. The van der Waals surface area contributed by atoms with Crippen LogP contribution in [0.4, 0.5) is 22.1 Å². The van der Waals surface area contributed by atoms with E-state index >= 15 is 0 Å². The number of amides is 1. The summed E-state index contributed by atoms with van der Waals surface area (Å²) in [6, 6.07) is 20.5. The first-order valence-corrected chi connectivity index (χ1v) is 10.0. The number of carbonyl (C=O) groups excluding carboxylic acids is 1. The smallest absolute Gasteiger partial charge is 0.411 e. The van der Waals surface area contributed by atoms with Crippen LogP contribution in [0.3, 0.4) is 0 Å². The third kappa shape index (κ3) is 5.73. The molecule has 1 heterocycles. The van der Waals surface area contributed by atoms with Gasteiger partial charge in [0.2, 0.25) is 0 Å². The minimum atomic E-state index is -0.552. The fraction of sp³-hybridized carbons (Fsp3) is 0.250. The van der Waals surface area contributed by atoms with Gasteiger partial charge in [0.1, 0.15) is 11.6 Å². The second-order valence-electron chi connectivity index (χ2n) is 7.27. The molecule has 0 aliphatic carbocycles. The van der Waals surface area contributed by atoms with Crippen molar-refractivity contribution in [1.82, 2.24) is 4.98 Å². The number of aryl methyl sites for hydroxylation is 2. The maximum atomic E-state index is 11.6. The summed E-state index contributed by atoms with van der Waals surface area (Å²) in [7, 11) is 0. The summed E-state index contributed by atoms with van der Waals surface area (Å²) in [5, 5.41) is 6.09. The number of benzene rings is 2. The maximum Gasteiger partial charge on any atom is 0.411 e. The second-order valence-corrected chi connectivity index (χ2v) is 7.27. The van der Waals surface area contributed by atoms with E-state index in [1.807, 2.05) is 0 Å². The first-order chi connectivity index (χ1) is 14.4. The number of rotatable bonds is 7. The van der Waals surface area contributed by atoms with Gasteiger partial charge >= 0.3 is 6.09 Å². The Hall–Kier alpha value is -3.54. The zero-order valence-corrected chi connectivity index (χ0v) is 17.6. The SMILES string of the molecule is CCOC(=O)Nc1ccc(NC(Cc2ccc(C)cc2)c2ccc(C)cc2)nc1N. The van der Waals surface area contributed by atoms with Crippen molar-refractivity contribution in [3.05, 3.63) is 82.9 Å². The molecule has 3 aromatic rings. The van der Waals surface area contributed by atoms with E-state index in [1.165, 1.54) is 16.7 Å². The third-order valence-electron chi connectivity index (χ3n) is 4.80. The Morgan fingerprint density at radius 1 is 1.00 bits per heavy atom. The zero-order valence-electron chi connectivity index (χ0n) is 17.6. The average molecular weight is 405 g/mol. The number of hydrogen-bond acceptors (Lipinski definition) is 5. The molecule has 0 spiro atoms. The van der Waals surface area contributed by atoms with Gasteiger partial charge in [-0.05, 0) is 50.5 Å². The van der Waals surface area contributed by atoms with Crippen LogP contribution in [0.5, 0.6) is 0 Å². The minimum Gasteiger partial charge on any atom is -0.450 e. The van der Waals surface area contributed by atoms with Crippen molar-refractivity contribution in [1.29, 1.82) is 0 Å². The number of ether oxygens (including phenoxy) is 1. The standard InChI is InChI=1S/C24H28N4O2/c1-4-30-24(29)27-20-13-14-22(28-23(20)25)26-21(19-11-7-17(3)8-12-19)15-18-9-5-16(2)6-10-18/h5-14,21H,4,15H2,1-3H3,(H,27,29)(H3,25,26,28). The number of anilines is 3. The molecule has 6 heteroatoms. The monoisotopic (exact) mass is 404 g/mol. The number of nitrogens with zero attached hydrogens (tertiary/aromatic N) is 1. The number of aromatic nitrogens is 1. The lowest BCUT2D eigenvalue weighted by Crippen LogP contribution is -2.17. The number of carbonyl (C=O) groups is 1. The number of nitrogen functional groups attached to an aromatic ring is 1. The molecule has 4 N–H and O–H groups in total. The molecule has 0 aliphatic heterocycles. The highest BCUT2D eigenvalue weighted by Crippen LogP contribution is 2.26. The molecule has 0 radical (unpaired) electrons. The summed E-state index contributed by atoms with van der Waals surface area (Å²) >= 11 is 0. The number of nitrogens with one attached hydrogen (secondary N) is 2. The largest absolute Gasteiger partial charge is 0.450 e. The van der Waals surface area contributed by atoms with Gasteiger partial charge in [0.25, 0.3) is 0 Å². The summed E-state index contributed by atoms with van der Waals surface area (Å²) in [4.78, 5) is 16.1. The predicted octanol–water partition coefficient (Wildman–Crippen LogP) is 5.24. The number of nitrogens with two attached hydrogens (primary N) is 1. The molecule has 3 rings (SSSR count). The lowest BCUT2D eigenvalue weighted by Gasteiger charge is -2.21. The number of hydrogen-bond donors (Lipinski definition) is 3. The highest BCUT2D eigenvalue weighted by Gasteiger charge is 2.15. The van der Waals surface area contributed by atoms with Crippen LogP contribution in [0.15, 0.2) is 60.7 Å². The zero-order chi connectivity index (χ0) is 21.5. The number of pyridine rings is 1. The van der Waals surface area contributed by atoms with Crippen molar-refractivity contribution in [3.8, 4) is 0 Å². The molecule has 1 amide bonds. The van der Waals surface area contributed by atoms with Crippen molar-refractivity contribution in [2.24, 2.45) is 0 Å². The van der Waals surface area contributed by atoms with Crippen molar-refractivity contribution in [2.45, 2.75) is 33.2 Å². The van der Waals surface area contributed by atoms with E-state index in [-0.39, 0.29) is 18.5 Å². The summed E-state index contributed by atoms with van der Waals surface area (Å²) in [6.45, 7) is 6.19. The van der Waals surface area contributed by atoms with Crippen LogP contribution in [0.1, 0.15) is 35.2 Å². The minimum absolute atomic E-state index is 0.0177. The van der Waals surface area contributed by atoms with Gasteiger partial charge in [0, 0.05) is 0 Å². The highest BCUT2D eigenvalue weighted by molar-refractivity contribution is 5.88. The molecular weight excluding hydrogens is 376 g/mol. The summed E-state index contributed by atoms with van der Waals surface area (Å²) in [6.07, 6.45) is 0.247. The van der Waals surface area contributed by atoms with Crippen molar-refractivity contribution in [3.63, 3.8) is 0 Å². The van der Waals surface area contributed by atoms with Crippen LogP contribution in [0, 0.1) is 13.8 Å². The Bertz CT molecular complexity index is 985. The van der Waals surface area contributed by atoms with Gasteiger partial charge in [-0.2, -0.15) is 0 Å². The normalized spacial score (nSPS) is 11.6. The van der Waals surface area contributed by atoms with Crippen molar-refractivity contribution >= 4 is 23.4 Å². The molecule has 0 bridgehead atoms. The third-order valence-corrected chi connectivity index (χ3v) is 4.80. The first-order valence-electron chi connectivity index (χ1n) is 10.0. The molecule has 1 aromatic heterocycles. The first kappa shape index (κ1) is 21.2. The van der Waals surface area contributed by atoms with E-state index in [1.54, 1.807) is 19.1 Å². The average Bonchev–Trinajstić information content (AvgIpc) is 2.72. The maximum absolute atomic E-state index is 11.6. The fourth-order valence-electron chi connectivity index (χ4n) is 3.13. The van der Waals surface area contributed by atoms with Gasteiger partial charge < -0.3 is 15.8 Å². The molecule has 1 unspecified atom stereocenters. The summed E-state index contributed by atoms with van der Waals surface area (Å²) in [5.74, 6) is 0.866. The van der Waals surface area contributed by atoms with Crippen LogP contribution in [-0.2, 0) is 11.2 Å². The van der Waals surface area contributed by atoms with Gasteiger partial charge in [0.15, 0.2) is 0 Å². The topological polar surface area (TPSA) is 89.3 Å². The van der Waals surface area contributed by atoms with Crippen molar-refractivity contribution in [2.75, 3.05) is 23.0 Å². The van der Waals surface area contributed by atoms with Crippen LogP contribution < -0.4 is 16.4 Å². The molecule has 6 nitrogen and oxygen atoms in total. The Morgan fingerprint density at radius 3 is 2.23 bits per heavy atom. The van der Waals surface area contributed by atoms with E-state index < -0.39 is 6.09 Å². The van der Waals surface area contributed by atoms with E-state index in [2.05, 4.69) is 78.0 Å². The van der Waals surface area contributed by atoms with E-state index in [4.69, 9.17) is 10.5 Å². The van der Waals surface area contributed by atoms with E-state index in [0.29, 0.717) is 11.5 Å². The van der Waals surface area contributed by atoms with Gasteiger partial charge in [0.05, 0.1) is 18.3 Å². The second kappa shape index (κ2) is 9.78. The van der Waals surface area contributed by atoms with Crippen LogP contribution >= 0.6 is 0 Å². The van der Waals surface area contributed by atoms with Crippen LogP contribution in [-0.4, -0.2) is 17.7 Å². The lowest BCUT2D eigenvalue weighted by molar-refractivity contribution is 0.168. The Labute approximate surface area is 177 Å². The van der Waals surface area contributed by atoms with Gasteiger partial charge in [-0.25, -0.2) is 9.78 Å². The van der Waals surface area contributed by atoms with Gasteiger partial charge in [-0.3, -0.25) is 5.32 Å². The molecular formula is C24H28N4O2. The van der Waals surface area contributed by atoms with Gasteiger partial charge in [-0.15, -0.1) is 0 Å². The molecule has 2 aromatic carbocycles. The fourth-order valence-corrected chi connectivity index (χ4v) is 3.13. The highest BCUT2D eigenvalue weighted by atomic mass is 16.5. The lowest BCUT2D eigenvalue weighted by atomic mass is 9.97. The Balaban J connectivity index is 1.81. The van der Waals surface area contributed by atoms with E-state index in [0.717, 1.165) is 12.0 Å². The van der Waals surface area contributed by atoms with Crippen LogP contribution in [0.2, 0.25) is 0 Å². The molecule has 0 aliphatic rings. The molecule has 0 saturated carbocycles. The molecule has 1 atom stereocenters. The summed E-state index contributed by atoms with van der Waals surface area (Å²) in [5.41, 5.74) is 11.3. The summed E-state index contributed by atoms with van der Waals surface area (Å²) < 4.78 is 4.89. The Morgan fingerprint density at radius 2 is 1.63 bits per heavy atom. The van der Waals surface area contributed by atoms with Crippen LogP contribution in [0.25, 0.3) is 0 Å².